The molecule has 0 unspecified atom stereocenters. The number of benzene rings is 6. The Morgan fingerprint density at radius 1 is 0.466 bits per heavy atom. The fourth-order valence-electron chi connectivity index (χ4n) is 7.05. The van der Waals surface area contributed by atoms with Gasteiger partial charge in [-0.3, -0.25) is 4.98 Å². The first-order valence-electron chi connectivity index (χ1n) is 18.0. The van der Waals surface area contributed by atoms with Crippen molar-refractivity contribution in [2.75, 3.05) is 0 Å². The molecule has 0 bridgehead atoms. The Balaban J connectivity index is 0.000000133. The molecule has 284 valence electrons. The van der Waals surface area contributed by atoms with Gasteiger partial charge >= 0.3 is 7.12 Å². The van der Waals surface area contributed by atoms with Gasteiger partial charge in [0.1, 0.15) is 28.4 Å². The number of halogens is 5. The lowest BCUT2D eigenvalue weighted by Crippen LogP contribution is -2.32. The zero-order valence-corrected chi connectivity index (χ0v) is 31.1. The third-order valence-electron chi connectivity index (χ3n) is 9.58. The van der Waals surface area contributed by atoms with E-state index in [4.69, 9.17) is 21.6 Å². The number of nitrogens with zero attached hydrogens (tertiary/aromatic N) is 4. The summed E-state index contributed by atoms with van der Waals surface area (Å²) in [5.41, 5.74) is 6.80. The molecule has 10 aromatic rings. The highest BCUT2D eigenvalue weighted by molar-refractivity contribution is 6.58. The van der Waals surface area contributed by atoms with Gasteiger partial charge in [-0.1, -0.05) is 90.5 Å². The molecule has 6 aromatic carbocycles. The summed E-state index contributed by atoms with van der Waals surface area (Å²) in [6.07, 6.45) is 3.39. The number of hydrogen-bond acceptors (Lipinski definition) is 4. The van der Waals surface area contributed by atoms with E-state index < -0.39 is 30.4 Å². The highest BCUT2D eigenvalue weighted by atomic mass is 35.5. The minimum atomic E-state index is -1.89. The molecule has 0 spiro atoms. The fraction of sp³-hybridized carbons (Fsp3) is 0. The van der Waals surface area contributed by atoms with Crippen molar-refractivity contribution in [2.45, 2.75) is 0 Å². The average Bonchev–Trinajstić information content (AvgIpc) is 3.74. The van der Waals surface area contributed by atoms with E-state index in [1.165, 1.54) is 33.9 Å². The third-order valence-corrected chi connectivity index (χ3v) is 9.78. The third kappa shape index (κ3) is 7.54. The molecule has 12 heteroatoms. The van der Waals surface area contributed by atoms with E-state index in [0.29, 0.717) is 16.9 Å². The van der Waals surface area contributed by atoms with E-state index in [0.717, 1.165) is 51.4 Å². The SMILES string of the molecule is Clc1cc(-n2c3ccccc3c3ccccc32)ccn1.Fc1ccc(-c2cc(-n3c4ccccc4c4ccccc43)ccn2)c(F)c1.OB(O)c1ccc(F)cc1F. The second kappa shape index (κ2) is 16.4. The van der Waals surface area contributed by atoms with Gasteiger partial charge in [-0.05, 0) is 66.7 Å². The van der Waals surface area contributed by atoms with Crippen molar-refractivity contribution in [3.63, 3.8) is 0 Å². The minimum absolute atomic E-state index is 0.277. The number of aromatic nitrogens is 4. The van der Waals surface area contributed by atoms with Crippen LogP contribution in [0, 0.1) is 23.3 Å². The molecule has 0 aliphatic rings. The number of hydrogen-bond donors (Lipinski definition) is 2. The molecule has 0 radical (unpaired) electrons. The Bertz CT molecular complexity index is 2990. The number of rotatable bonds is 4. The van der Waals surface area contributed by atoms with Gasteiger partial charge in [0.15, 0.2) is 0 Å². The van der Waals surface area contributed by atoms with Gasteiger partial charge in [-0.2, -0.15) is 0 Å². The van der Waals surface area contributed by atoms with E-state index >= 15 is 0 Å². The average molecular weight is 793 g/mol. The maximum Gasteiger partial charge on any atom is 0.491 e. The first-order chi connectivity index (χ1) is 28.2. The lowest BCUT2D eigenvalue weighted by atomic mass is 9.80. The van der Waals surface area contributed by atoms with Crippen molar-refractivity contribution in [3.05, 3.63) is 199 Å². The molecule has 4 aromatic heterocycles. The Morgan fingerprint density at radius 3 is 1.34 bits per heavy atom. The smallest absolute Gasteiger partial charge is 0.423 e. The van der Waals surface area contributed by atoms with Gasteiger partial charge in [0.05, 0.1) is 33.4 Å². The number of pyridine rings is 2. The molecular formula is C46H30BClF4N4O2. The summed E-state index contributed by atoms with van der Waals surface area (Å²) in [7, 11) is -1.89. The van der Waals surface area contributed by atoms with Gasteiger partial charge in [-0.15, -0.1) is 0 Å². The van der Waals surface area contributed by atoms with Crippen LogP contribution in [0.25, 0.3) is 66.2 Å². The van der Waals surface area contributed by atoms with Crippen molar-refractivity contribution in [2.24, 2.45) is 0 Å². The van der Waals surface area contributed by atoms with E-state index in [1.807, 2.05) is 48.5 Å². The number of para-hydroxylation sites is 4. The van der Waals surface area contributed by atoms with Crippen molar-refractivity contribution in [1.82, 2.24) is 19.1 Å². The zero-order chi connectivity index (χ0) is 40.3. The lowest BCUT2D eigenvalue weighted by molar-refractivity contribution is 0.422. The molecule has 6 nitrogen and oxygen atoms in total. The molecule has 10 rings (SSSR count). The molecule has 0 saturated heterocycles. The van der Waals surface area contributed by atoms with Crippen LogP contribution in [0.5, 0.6) is 0 Å². The molecule has 2 N–H and O–H groups in total. The quantitative estimate of drug-likeness (QED) is 0.106. The van der Waals surface area contributed by atoms with E-state index in [1.54, 1.807) is 12.4 Å². The Morgan fingerprint density at radius 2 is 0.897 bits per heavy atom. The Hall–Kier alpha value is -6.79. The first-order valence-corrected chi connectivity index (χ1v) is 18.4. The zero-order valence-electron chi connectivity index (χ0n) is 30.3. The van der Waals surface area contributed by atoms with Crippen molar-refractivity contribution in [1.29, 1.82) is 0 Å². The number of fused-ring (bicyclic) bond motifs is 6. The molecule has 0 saturated carbocycles. The van der Waals surface area contributed by atoms with Crippen LogP contribution in [0.15, 0.2) is 170 Å². The molecule has 58 heavy (non-hydrogen) atoms. The van der Waals surface area contributed by atoms with E-state index in [-0.39, 0.29) is 11.0 Å². The fourth-order valence-corrected chi connectivity index (χ4v) is 7.21. The highest BCUT2D eigenvalue weighted by Crippen LogP contribution is 2.34. The predicted octanol–water partition coefficient (Wildman–Crippen LogP) is 10.6. The summed E-state index contributed by atoms with van der Waals surface area (Å²) in [6.45, 7) is 0. The predicted molar refractivity (Wildman–Crippen MR) is 224 cm³/mol. The maximum absolute atomic E-state index is 14.2. The minimum Gasteiger partial charge on any atom is -0.423 e. The molecule has 4 heterocycles. The van der Waals surface area contributed by atoms with Gasteiger partial charge in [0, 0.05) is 62.8 Å². The lowest BCUT2D eigenvalue weighted by Gasteiger charge is -2.10. The summed E-state index contributed by atoms with van der Waals surface area (Å²) in [5.74, 6) is -2.93. The standard InChI is InChI=1S/C23H14F2N2.C17H11ClN2.C6H5BF2O2/c24-15-9-10-19(20(25)13-15)21-14-16(11-12-26-21)27-22-7-3-1-5-17(22)18-6-2-4-8-23(18)27;18-17-11-12(9-10-19-17)20-15-7-3-1-5-13(15)14-6-2-4-8-16(14)20;8-4-1-2-5(7(10)11)6(9)3-4/h1-14H;1-11H;1-3,10-11H. The second-order valence-electron chi connectivity index (χ2n) is 13.1. The van der Waals surface area contributed by atoms with Gasteiger partial charge in [0.2, 0.25) is 0 Å². The Kier molecular flexibility index (Phi) is 10.8. The molecule has 0 fully saturated rings. The van der Waals surface area contributed by atoms with Crippen LogP contribution in [0.3, 0.4) is 0 Å². The molecule has 0 amide bonds. The van der Waals surface area contributed by atoms with Gasteiger partial charge < -0.3 is 19.2 Å². The van der Waals surface area contributed by atoms with Crippen molar-refractivity contribution < 1.29 is 27.6 Å². The monoisotopic (exact) mass is 792 g/mol. The first kappa shape index (κ1) is 38.1. The van der Waals surface area contributed by atoms with E-state index in [9.17, 15) is 17.6 Å². The Labute approximate surface area is 334 Å². The summed E-state index contributed by atoms with van der Waals surface area (Å²) in [5, 5.41) is 22.3. The molecule has 0 atom stereocenters. The van der Waals surface area contributed by atoms with Crippen LogP contribution in [0.2, 0.25) is 5.15 Å². The van der Waals surface area contributed by atoms with Crippen molar-refractivity contribution >= 4 is 67.8 Å². The molecular weight excluding hydrogens is 763 g/mol. The summed E-state index contributed by atoms with van der Waals surface area (Å²) < 4.78 is 56.6. The molecule has 0 aliphatic heterocycles. The highest BCUT2D eigenvalue weighted by Gasteiger charge is 2.17. The second-order valence-corrected chi connectivity index (χ2v) is 13.5. The van der Waals surface area contributed by atoms with Crippen LogP contribution in [0.1, 0.15) is 0 Å². The van der Waals surface area contributed by atoms with Gasteiger partial charge in [0.25, 0.3) is 0 Å². The van der Waals surface area contributed by atoms with Crippen molar-refractivity contribution in [3.8, 4) is 22.6 Å². The summed E-state index contributed by atoms with van der Waals surface area (Å²) in [4.78, 5) is 8.36. The summed E-state index contributed by atoms with van der Waals surface area (Å²) in [6, 6.07) is 46.8. The summed E-state index contributed by atoms with van der Waals surface area (Å²) >= 11 is 6.04. The van der Waals surface area contributed by atoms with Crippen LogP contribution >= 0.6 is 11.6 Å². The van der Waals surface area contributed by atoms with Gasteiger partial charge in [-0.25, -0.2) is 22.5 Å². The van der Waals surface area contributed by atoms with Crippen LogP contribution in [-0.4, -0.2) is 36.3 Å². The van der Waals surface area contributed by atoms with Crippen LogP contribution in [-0.2, 0) is 0 Å². The topological polar surface area (TPSA) is 76.1 Å². The van der Waals surface area contributed by atoms with E-state index in [2.05, 4.69) is 91.9 Å². The normalized spacial score (nSPS) is 11.0. The maximum atomic E-state index is 14.2. The van der Waals surface area contributed by atoms with Crippen LogP contribution < -0.4 is 5.46 Å². The largest absolute Gasteiger partial charge is 0.491 e. The van der Waals surface area contributed by atoms with Crippen LogP contribution in [0.4, 0.5) is 17.6 Å². The molecule has 0 aliphatic carbocycles.